The zero-order valence-corrected chi connectivity index (χ0v) is 16.2. The number of rotatable bonds is 4. The number of carbonyl (C=O) groups excluding carboxylic acids is 1. The fraction of sp³-hybridized carbons (Fsp3) is 0.316. The summed E-state index contributed by atoms with van der Waals surface area (Å²) >= 11 is 6.08. The van der Waals surface area contributed by atoms with Gasteiger partial charge in [-0.3, -0.25) is 4.79 Å². The van der Waals surface area contributed by atoms with E-state index >= 15 is 0 Å². The van der Waals surface area contributed by atoms with Gasteiger partial charge in [0.2, 0.25) is 0 Å². The Kier molecular flexibility index (Phi) is 6.44. The van der Waals surface area contributed by atoms with Gasteiger partial charge in [0.1, 0.15) is 5.75 Å². The Hall–Kier alpha value is -2.82. The Bertz CT molecular complexity index is 945. The zero-order valence-electron chi connectivity index (χ0n) is 15.5. The lowest BCUT2D eigenvalue weighted by Gasteiger charge is -2.15. The number of nitrogens with one attached hydrogen (secondary N) is 1. The molecule has 2 aromatic rings. The van der Waals surface area contributed by atoms with Crippen LogP contribution in [0.1, 0.15) is 17.5 Å². The van der Waals surface area contributed by atoms with Crippen LogP contribution in [0, 0.1) is 0 Å². The van der Waals surface area contributed by atoms with Crippen LogP contribution in [0.2, 0.25) is 5.02 Å². The Morgan fingerprint density at radius 1 is 0.935 bits per heavy atom. The van der Waals surface area contributed by atoms with Crippen molar-refractivity contribution in [2.75, 3.05) is 25.1 Å². The summed E-state index contributed by atoms with van der Waals surface area (Å²) in [5.74, 6) is -0.921. The third-order valence-electron chi connectivity index (χ3n) is 4.04. The van der Waals surface area contributed by atoms with Gasteiger partial charge < -0.3 is 19.5 Å². The van der Waals surface area contributed by atoms with Gasteiger partial charge in [-0.05, 0) is 18.2 Å². The number of halogens is 7. The van der Waals surface area contributed by atoms with Gasteiger partial charge in [0.05, 0.1) is 35.1 Å². The van der Waals surface area contributed by atoms with Crippen molar-refractivity contribution >= 4 is 23.2 Å². The number of anilines is 1. The number of amides is 1. The van der Waals surface area contributed by atoms with Gasteiger partial charge in [-0.2, -0.15) is 26.3 Å². The van der Waals surface area contributed by atoms with Crippen molar-refractivity contribution in [2.45, 2.75) is 18.8 Å². The van der Waals surface area contributed by atoms with Gasteiger partial charge in [0, 0.05) is 18.6 Å². The predicted octanol–water partition coefficient (Wildman–Crippen LogP) is 5.56. The van der Waals surface area contributed by atoms with Crippen LogP contribution in [0.3, 0.4) is 0 Å². The molecule has 1 heterocycles. The average Bonchev–Trinajstić information content (AvgIpc) is 2.90. The van der Waals surface area contributed by atoms with Crippen molar-refractivity contribution in [3.8, 4) is 17.2 Å². The van der Waals surface area contributed by atoms with Crippen LogP contribution in [-0.2, 0) is 17.1 Å². The predicted molar refractivity (Wildman–Crippen MR) is 97.6 cm³/mol. The van der Waals surface area contributed by atoms with E-state index in [0.29, 0.717) is 43.3 Å². The molecule has 3 rings (SSSR count). The normalized spacial score (nSPS) is 14.0. The summed E-state index contributed by atoms with van der Waals surface area (Å²) in [5.41, 5.74) is -2.99. The minimum Gasteiger partial charge on any atom is -0.490 e. The van der Waals surface area contributed by atoms with Crippen molar-refractivity contribution in [2.24, 2.45) is 0 Å². The Morgan fingerprint density at radius 3 is 2.03 bits per heavy atom. The average molecular weight is 470 g/mol. The molecule has 0 unspecified atom stereocenters. The third-order valence-corrected chi connectivity index (χ3v) is 4.36. The second kappa shape index (κ2) is 8.74. The highest BCUT2D eigenvalue weighted by molar-refractivity contribution is 6.34. The lowest BCUT2D eigenvalue weighted by atomic mass is 10.1. The summed E-state index contributed by atoms with van der Waals surface area (Å²) < 4.78 is 93.1. The molecule has 1 aliphatic heterocycles. The van der Waals surface area contributed by atoms with Crippen LogP contribution >= 0.6 is 11.6 Å². The highest BCUT2D eigenvalue weighted by atomic mass is 35.5. The number of hydrogen-bond donors (Lipinski definition) is 1. The van der Waals surface area contributed by atoms with E-state index in [2.05, 4.69) is 5.32 Å². The van der Waals surface area contributed by atoms with Crippen LogP contribution in [0.4, 0.5) is 32.0 Å². The van der Waals surface area contributed by atoms with Gasteiger partial charge in [0.15, 0.2) is 18.1 Å². The fourth-order valence-electron chi connectivity index (χ4n) is 2.62. The molecule has 0 bridgehead atoms. The molecule has 1 N–H and O–H groups in total. The number of fused-ring (bicyclic) bond motifs is 1. The van der Waals surface area contributed by atoms with Crippen molar-refractivity contribution in [3.63, 3.8) is 0 Å². The van der Waals surface area contributed by atoms with Crippen molar-refractivity contribution in [3.05, 3.63) is 46.5 Å². The van der Waals surface area contributed by atoms with Gasteiger partial charge in [0.25, 0.3) is 5.91 Å². The van der Waals surface area contributed by atoms with E-state index in [1.165, 1.54) is 12.1 Å². The van der Waals surface area contributed by atoms with E-state index in [1.807, 2.05) is 0 Å². The van der Waals surface area contributed by atoms with Crippen LogP contribution in [0.25, 0.3) is 0 Å². The first kappa shape index (κ1) is 22.9. The summed E-state index contributed by atoms with van der Waals surface area (Å²) in [6, 6.07) is 3.53. The molecule has 0 radical (unpaired) electrons. The topological polar surface area (TPSA) is 56.8 Å². The molecule has 12 heteroatoms. The molecule has 168 valence electrons. The van der Waals surface area contributed by atoms with E-state index in [1.54, 1.807) is 0 Å². The van der Waals surface area contributed by atoms with E-state index in [-0.39, 0.29) is 16.8 Å². The zero-order chi connectivity index (χ0) is 22.8. The van der Waals surface area contributed by atoms with Crippen LogP contribution in [0.15, 0.2) is 30.3 Å². The molecular formula is C19H14ClF6NO4. The minimum atomic E-state index is -5.03. The number of ether oxygens (including phenoxy) is 3. The number of alkyl halides is 6. The maximum absolute atomic E-state index is 12.9. The maximum Gasteiger partial charge on any atom is 0.416 e. The van der Waals surface area contributed by atoms with E-state index in [0.717, 1.165) is 0 Å². The number of hydrogen-bond acceptors (Lipinski definition) is 4. The van der Waals surface area contributed by atoms with E-state index in [9.17, 15) is 31.1 Å². The molecule has 2 aromatic carbocycles. The molecule has 0 saturated carbocycles. The molecule has 0 fully saturated rings. The molecule has 0 aliphatic carbocycles. The van der Waals surface area contributed by atoms with E-state index < -0.39 is 41.7 Å². The highest BCUT2D eigenvalue weighted by Gasteiger charge is 2.37. The first-order valence-electron chi connectivity index (χ1n) is 8.75. The first-order valence-corrected chi connectivity index (χ1v) is 9.12. The molecule has 0 spiro atoms. The minimum absolute atomic E-state index is 0.0372. The standard InChI is InChI=1S/C19H14ClF6NO4/c20-13-7-15-16(30-3-1-2-29-15)8-14(13)27-17(28)9-31-12-5-10(18(21,22)23)4-11(6-12)19(24,25)26/h4-8H,1-3,9H2,(H,27,28). The molecule has 31 heavy (non-hydrogen) atoms. The van der Waals surface area contributed by atoms with Crippen molar-refractivity contribution in [1.29, 1.82) is 0 Å². The number of benzene rings is 2. The van der Waals surface area contributed by atoms with Gasteiger partial charge in [-0.15, -0.1) is 0 Å². The largest absolute Gasteiger partial charge is 0.490 e. The fourth-order valence-corrected chi connectivity index (χ4v) is 2.83. The summed E-state index contributed by atoms with van der Waals surface area (Å²) in [6.07, 6.45) is -9.42. The second-order valence-corrected chi connectivity index (χ2v) is 6.81. The lowest BCUT2D eigenvalue weighted by molar-refractivity contribution is -0.143. The van der Waals surface area contributed by atoms with Gasteiger partial charge in [-0.1, -0.05) is 11.6 Å². The van der Waals surface area contributed by atoms with Crippen molar-refractivity contribution < 1.29 is 45.3 Å². The molecule has 0 saturated heterocycles. The Balaban J connectivity index is 1.73. The third kappa shape index (κ3) is 5.87. The van der Waals surface area contributed by atoms with Gasteiger partial charge >= 0.3 is 12.4 Å². The highest BCUT2D eigenvalue weighted by Crippen LogP contribution is 2.39. The molecular weight excluding hydrogens is 456 g/mol. The van der Waals surface area contributed by atoms with Gasteiger partial charge in [-0.25, -0.2) is 0 Å². The van der Waals surface area contributed by atoms with Crippen molar-refractivity contribution in [1.82, 2.24) is 0 Å². The summed E-state index contributed by atoms with van der Waals surface area (Å²) in [5, 5.41) is 2.46. The number of carbonyl (C=O) groups is 1. The molecule has 0 atom stereocenters. The van der Waals surface area contributed by atoms with Crippen LogP contribution in [-0.4, -0.2) is 25.7 Å². The summed E-state index contributed by atoms with van der Waals surface area (Å²) in [6.45, 7) is -0.0641. The Labute approximate surface area is 176 Å². The summed E-state index contributed by atoms with van der Waals surface area (Å²) in [4.78, 5) is 12.1. The SMILES string of the molecule is O=C(COc1cc(C(F)(F)F)cc(C(F)(F)F)c1)Nc1cc2c(cc1Cl)OCCCO2. The lowest BCUT2D eigenvalue weighted by Crippen LogP contribution is -2.21. The van der Waals surface area contributed by atoms with E-state index in [4.69, 9.17) is 25.8 Å². The monoisotopic (exact) mass is 469 g/mol. The second-order valence-electron chi connectivity index (χ2n) is 6.41. The molecule has 5 nitrogen and oxygen atoms in total. The molecule has 1 aliphatic rings. The van der Waals surface area contributed by atoms with Crippen LogP contribution < -0.4 is 19.5 Å². The first-order chi connectivity index (χ1) is 14.4. The smallest absolute Gasteiger partial charge is 0.416 e. The quantitative estimate of drug-likeness (QED) is 0.596. The molecule has 1 amide bonds. The Morgan fingerprint density at radius 2 is 1.48 bits per heavy atom. The summed E-state index contributed by atoms with van der Waals surface area (Å²) in [7, 11) is 0. The maximum atomic E-state index is 12.9. The van der Waals surface area contributed by atoms with Crippen LogP contribution in [0.5, 0.6) is 17.2 Å². The molecule has 0 aromatic heterocycles.